The maximum atomic E-state index is 13.1. The third-order valence-electron chi connectivity index (χ3n) is 15.5. The molecule has 51 heavy (non-hydrogen) atoms. The minimum absolute atomic E-state index is 0.0218. The third-order valence-corrected chi connectivity index (χ3v) is 15.5. The highest BCUT2D eigenvalue weighted by Crippen LogP contribution is 2.67. The van der Waals surface area contributed by atoms with E-state index in [4.69, 9.17) is 4.74 Å². The molecule has 0 heterocycles. The Bertz CT molecular complexity index is 1870. The number of carbonyl (C=O) groups is 1. The molecular weight excluding hydrogens is 621 g/mol. The van der Waals surface area contributed by atoms with E-state index in [1.54, 1.807) is 5.57 Å². The second-order valence-electron chi connectivity index (χ2n) is 18.8. The van der Waals surface area contributed by atoms with Gasteiger partial charge in [-0.1, -0.05) is 127 Å². The van der Waals surface area contributed by atoms with Gasteiger partial charge in [0.1, 0.15) is 6.10 Å². The predicted molar refractivity (Wildman–Crippen MR) is 215 cm³/mol. The van der Waals surface area contributed by atoms with E-state index >= 15 is 0 Å². The van der Waals surface area contributed by atoms with Crippen LogP contribution in [0, 0.1) is 46.3 Å². The summed E-state index contributed by atoms with van der Waals surface area (Å²) in [5, 5.41) is 8.17. The maximum Gasteiger partial charge on any atom is 0.306 e. The monoisotopic (exact) mass is 684 g/mol. The number of esters is 1. The fraction of sp³-hybridized carbons (Fsp3) is 0.612. The lowest BCUT2D eigenvalue weighted by molar-refractivity contribution is -0.151. The lowest BCUT2D eigenvalue weighted by Crippen LogP contribution is -2.51. The lowest BCUT2D eigenvalue weighted by atomic mass is 9.47. The van der Waals surface area contributed by atoms with Gasteiger partial charge in [0.2, 0.25) is 0 Å². The molecule has 4 aliphatic carbocycles. The molecule has 272 valence electrons. The van der Waals surface area contributed by atoms with Crippen LogP contribution in [0.25, 0.3) is 32.3 Å². The first-order chi connectivity index (χ1) is 24.7. The highest BCUT2D eigenvalue weighted by molar-refractivity contribution is 6.23. The predicted octanol–water partition coefficient (Wildman–Crippen LogP) is 13.6. The van der Waals surface area contributed by atoms with Crippen LogP contribution in [-0.2, 0) is 16.0 Å². The zero-order valence-electron chi connectivity index (χ0n) is 32.4. The van der Waals surface area contributed by atoms with Crippen molar-refractivity contribution in [3.8, 4) is 0 Å². The number of allylic oxidation sites excluding steroid dienone is 1. The molecule has 0 amide bonds. The number of fused-ring (bicyclic) bond motifs is 5. The standard InChI is InChI=1S/C49H64O2/c1-32(2)11-9-12-33(3)42-25-26-43-41-24-22-38-31-39(27-29-48(38,4)44(41)28-30-49(42,43)5)51-45(50)16-8-6-7-13-34-17-18-37-20-19-35-14-10-15-36-21-23-40(34)47(37)46(35)36/h10,14-15,17-23,32-33,39,41-44H,6-9,11-13,16,24-31H2,1-5H3. The first-order valence-corrected chi connectivity index (χ1v) is 21.2. The Morgan fingerprint density at radius 2 is 1.55 bits per heavy atom. The maximum absolute atomic E-state index is 13.1. The molecule has 8 unspecified atom stereocenters. The van der Waals surface area contributed by atoms with Crippen molar-refractivity contribution in [2.24, 2.45) is 46.3 Å². The summed E-state index contributed by atoms with van der Waals surface area (Å²) in [7, 11) is 0. The Hall–Kier alpha value is -2.87. The number of unbranched alkanes of at least 4 members (excludes halogenated alkanes) is 2. The van der Waals surface area contributed by atoms with Crippen molar-refractivity contribution in [3.63, 3.8) is 0 Å². The van der Waals surface area contributed by atoms with E-state index in [9.17, 15) is 4.79 Å². The van der Waals surface area contributed by atoms with E-state index in [0.717, 1.165) is 74.0 Å². The molecule has 3 fully saturated rings. The molecule has 4 aliphatic rings. The minimum Gasteiger partial charge on any atom is -0.462 e. The zero-order valence-corrected chi connectivity index (χ0v) is 32.4. The molecular formula is C49H64O2. The first kappa shape index (κ1) is 35.2. The average Bonchev–Trinajstić information content (AvgIpc) is 3.48. The van der Waals surface area contributed by atoms with Crippen molar-refractivity contribution < 1.29 is 9.53 Å². The van der Waals surface area contributed by atoms with Crippen LogP contribution >= 0.6 is 0 Å². The second kappa shape index (κ2) is 14.2. The number of carbonyl (C=O) groups excluding carboxylic acids is 1. The fourth-order valence-electron chi connectivity index (χ4n) is 12.8. The first-order valence-electron chi connectivity index (χ1n) is 21.2. The van der Waals surface area contributed by atoms with Gasteiger partial charge in [0.05, 0.1) is 0 Å². The van der Waals surface area contributed by atoms with Gasteiger partial charge in [0.25, 0.3) is 0 Å². The molecule has 4 aromatic rings. The molecule has 0 spiro atoms. The summed E-state index contributed by atoms with van der Waals surface area (Å²) in [5.74, 6) is 5.19. The summed E-state index contributed by atoms with van der Waals surface area (Å²) in [4.78, 5) is 13.1. The normalized spacial score (nSPS) is 31.1. The summed E-state index contributed by atoms with van der Waals surface area (Å²) < 4.78 is 6.20. The van der Waals surface area contributed by atoms with E-state index in [2.05, 4.69) is 95.3 Å². The topological polar surface area (TPSA) is 26.3 Å². The zero-order chi connectivity index (χ0) is 35.3. The van der Waals surface area contributed by atoms with Crippen molar-refractivity contribution in [1.82, 2.24) is 0 Å². The van der Waals surface area contributed by atoms with E-state index in [0.29, 0.717) is 17.3 Å². The number of ether oxygens (including phenoxy) is 1. The molecule has 2 heteroatoms. The van der Waals surface area contributed by atoms with Crippen LogP contribution in [-0.4, -0.2) is 12.1 Å². The Labute approximate surface area is 308 Å². The van der Waals surface area contributed by atoms with Gasteiger partial charge in [-0.25, -0.2) is 0 Å². The third kappa shape index (κ3) is 6.44. The van der Waals surface area contributed by atoms with Gasteiger partial charge in [0.15, 0.2) is 0 Å². The molecule has 2 nitrogen and oxygen atoms in total. The van der Waals surface area contributed by atoms with E-state index in [-0.39, 0.29) is 12.1 Å². The van der Waals surface area contributed by atoms with Crippen molar-refractivity contribution in [1.29, 1.82) is 0 Å². The van der Waals surface area contributed by atoms with Crippen LogP contribution in [0.5, 0.6) is 0 Å². The molecule has 0 N–H and O–H groups in total. The van der Waals surface area contributed by atoms with Crippen molar-refractivity contribution in [2.45, 2.75) is 143 Å². The summed E-state index contributed by atoms with van der Waals surface area (Å²) >= 11 is 0. The Morgan fingerprint density at radius 3 is 2.35 bits per heavy atom. The van der Waals surface area contributed by atoms with Crippen molar-refractivity contribution >= 4 is 38.3 Å². The summed E-state index contributed by atoms with van der Waals surface area (Å²) in [6, 6.07) is 20.4. The summed E-state index contributed by atoms with van der Waals surface area (Å²) in [6.07, 6.45) is 21.8. The van der Waals surface area contributed by atoms with Crippen molar-refractivity contribution in [2.75, 3.05) is 0 Å². The summed E-state index contributed by atoms with van der Waals surface area (Å²) in [5.41, 5.74) is 3.90. The lowest BCUT2D eigenvalue weighted by Gasteiger charge is -2.58. The Kier molecular flexibility index (Phi) is 9.77. The summed E-state index contributed by atoms with van der Waals surface area (Å²) in [6.45, 7) is 12.6. The Balaban J connectivity index is 0.822. The molecule has 0 aliphatic heterocycles. The Morgan fingerprint density at radius 1 is 0.784 bits per heavy atom. The van der Waals surface area contributed by atoms with Crippen LogP contribution in [0.2, 0.25) is 0 Å². The highest BCUT2D eigenvalue weighted by Gasteiger charge is 2.59. The van der Waals surface area contributed by atoms with Gasteiger partial charge in [-0.15, -0.1) is 0 Å². The van der Waals surface area contributed by atoms with Gasteiger partial charge in [0, 0.05) is 12.8 Å². The van der Waals surface area contributed by atoms with Gasteiger partial charge in [-0.2, -0.15) is 0 Å². The molecule has 3 saturated carbocycles. The van der Waals surface area contributed by atoms with Crippen LogP contribution in [0.15, 0.2) is 66.2 Å². The number of rotatable bonds is 12. The number of aryl methyl sites for hydroxylation is 1. The van der Waals surface area contributed by atoms with E-state index < -0.39 is 0 Å². The largest absolute Gasteiger partial charge is 0.462 e. The molecule has 0 aromatic heterocycles. The molecule has 0 radical (unpaired) electrons. The second-order valence-corrected chi connectivity index (χ2v) is 18.8. The van der Waals surface area contributed by atoms with Crippen LogP contribution in [0.4, 0.5) is 0 Å². The van der Waals surface area contributed by atoms with Crippen LogP contribution in [0.3, 0.4) is 0 Å². The van der Waals surface area contributed by atoms with E-state index in [1.165, 1.54) is 95.7 Å². The van der Waals surface area contributed by atoms with Gasteiger partial charge in [-0.3, -0.25) is 4.79 Å². The van der Waals surface area contributed by atoms with Gasteiger partial charge < -0.3 is 4.74 Å². The quantitative estimate of drug-likeness (QED) is 0.0642. The molecule has 0 bridgehead atoms. The fourth-order valence-corrected chi connectivity index (χ4v) is 12.8. The van der Waals surface area contributed by atoms with Gasteiger partial charge in [-0.05, 0) is 148 Å². The van der Waals surface area contributed by atoms with E-state index in [1.807, 2.05) is 0 Å². The molecule has 0 saturated heterocycles. The van der Waals surface area contributed by atoms with Gasteiger partial charge >= 0.3 is 5.97 Å². The van der Waals surface area contributed by atoms with Crippen LogP contribution in [0.1, 0.15) is 136 Å². The molecule has 8 atom stereocenters. The SMILES string of the molecule is CC(C)CCCC(C)C1CCC2C3CC=C4CC(OC(=O)CCCCCc5ccc6ccc7cccc8ccc5c6c78)CCC4(C)C3CCC12C. The number of benzene rings is 4. The van der Waals surface area contributed by atoms with Crippen molar-refractivity contribution in [3.05, 3.63) is 71.8 Å². The number of hydrogen-bond donors (Lipinski definition) is 0. The average molecular weight is 685 g/mol. The molecule has 4 aromatic carbocycles. The molecule has 8 rings (SSSR count). The minimum atomic E-state index is 0.0218. The van der Waals surface area contributed by atoms with Crippen LogP contribution < -0.4 is 0 Å². The number of hydrogen-bond acceptors (Lipinski definition) is 2. The smallest absolute Gasteiger partial charge is 0.306 e. The highest BCUT2D eigenvalue weighted by atomic mass is 16.5.